The summed E-state index contributed by atoms with van der Waals surface area (Å²) < 4.78 is 4.56. The fourth-order valence-electron chi connectivity index (χ4n) is 2.16. The van der Waals surface area contributed by atoms with Gasteiger partial charge in [-0.3, -0.25) is 14.5 Å². The summed E-state index contributed by atoms with van der Waals surface area (Å²) in [5.74, 6) is -3.27. The van der Waals surface area contributed by atoms with E-state index in [4.69, 9.17) is 5.11 Å². The molecular weight excluding hydrogens is 332 g/mol. The van der Waals surface area contributed by atoms with E-state index in [1.165, 1.54) is 18.1 Å². The Morgan fingerprint density at radius 3 is 2.44 bits per heavy atom. The van der Waals surface area contributed by atoms with Crippen molar-refractivity contribution in [2.24, 2.45) is 0 Å². The van der Waals surface area contributed by atoms with Gasteiger partial charge in [0.15, 0.2) is 11.5 Å². The number of ether oxygens (including phenoxy) is 1. The molecule has 0 aliphatic carbocycles. The van der Waals surface area contributed by atoms with E-state index >= 15 is 0 Å². The summed E-state index contributed by atoms with van der Waals surface area (Å²) >= 11 is 0. The lowest BCUT2D eigenvalue weighted by Crippen LogP contribution is -2.39. The number of benzene rings is 1. The number of hydrogen-bond acceptors (Lipinski definition) is 7. The first kappa shape index (κ1) is 20.2. The molecule has 0 atom stereocenters. The number of amides is 1. The molecular formula is C16H22N2O7. The predicted octanol–water partition coefficient (Wildman–Crippen LogP) is 0.297. The zero-order valence-electron chi connectivity index (χ0n) is 14.1. The molecule has 1 amide bonds. The third-order valence-corrected chi connectivity index (χ3v) is 3.28. The molecule has 9 heteroatoms. The Morgan fingerprint density at radius 1 is 1.20 bits per heavy atom. The Kier molecular flexibility index (Phi) is 7.67. The summed E-state index contributed by atoms with van der Waals surface area (Å²) in [6.07, 6.45) is 0.737. The van der Waals surface area contributed by atoms with Crippen LogP contribution in [0.25, 0.3) is 0 Å². The van der Waals surface area contributed by atoms with Gasteiger partial charge in [0.05, 0.1) is 25.8 Å². The first-order valence-corrected chi connectivity index (χ1v) is 7.62. The number of carboxylic acid groups (broad SMARTS) is 1. The van der Waals surface area contributed by atoms with Crippen LogP contribution in [0.1, 0.15) is 29.3 Å². The molecule has 25 heavy (non-hydrogen) atoms. The monoisotopic (exact) mass is 354 g/mol. The van der Waals surface area contributed by atoms with Gasteiger partial charge in [0.25, 0.3) is 0 Å². The van der Waals surface area contributed by atoms with Gasteiger partial charge in [-0.15, -0.1) is 0 Å². The van der Waals surface area contributed by atoms with E-state index in [-0.39, 0.29) is 30.1 Å². The zero-order valence-corrected chi connectivity index (χ0v) is 14.1. The van der Waals surface area contributed by atoms with Gasteiger partial charge in [-0.25, -0.2) is 4.79 Å². The van der Waals surface area contributed by atoms with Gasteiger partial charge >= 0.3 is 11.9 Å². The van der Waals surface area contributed by atoms with Crippen LogP contribution in [-0.4, -0.2) is 64.8 Å². The Balaban J connectivity index is 3.02. The fraction of sp³-hybridized carbons (Fsp3) is 0.438. The maximum absolute atomic E-state index is 11.8. The third-order valence-electron chi connectivity index (χ3n) is 3.28. The zero-order chi connectivity index (χ0) is 19.0. The minimum Gasteiger partial charge on any atom is -0.504 e. The molecule has 0 fully saturated rings. The van der Waals surface area contributed by atoms with Crippen molar-refractivity contribution >= 4 is 17.8 Å². The number of phenols is 2. The minimum atomic E-state index is -1.16. The Hall–Kier alpha value is -2.81. The summed E-state index contributed by atoms with van der Waals surface area (Å²) in [7, 11) is 1.17. The SMILES string of the molecule is CCCNC(=O)CN(CC(=O)O)Cc1cc(C(=O)OC)cc(O)c1O. The summed E-state index contributed by atoms with van der Waals surface area (Å²) in [5, 5.41) is 31.3. The van der Waals surface area contributed by atoms with Crippen molar-refractivity contribution in [3.05, 3.63) is 23.3 Å². The lowest BCUT2D eigenvalue weighted by molar-refractivity contribution is -0.138. The van der Waals surface area contributed by atoms with Gasteiger partial charge in [0, 0.05) is 18.7 Å². The number of hydrogen-bond donors (Lipinski definition) is 4. The number of aliphatic carboxylic acids is 1. The van der Waals surface area contributed by atoms with Crippen LogP contribution in [0, 0.1) is 0 Å². The van der Waals surface area contributed by atoms with Gasteiger partial charge in [-0.2, -0.15) is 0 Å². The van der Waals surface area contributed by atoms with E-state index in [0.29, 0.717) is 6.54 Å². The second-order valence-electron chi connectivity index (χ2n) is 5.38. The Bertz CT molecular complexity index is 646. The second kappa shape index (κ2) is 9.48. The smallest absolute Gasteiger partial charge is 0.337 e. The Morgan fingerprint density at radius 2 is 1.88 bits per heavy atom. The lowest BCUT2D eigenvalue weighted by atomic mass is 10.1. The molecule has 0 heterocycles. The molecule has 0 aromatic heterocycles. The van der Waals surface area contributed by atoms with Crippen molar-refractivity contribution in [2.45, 2.75) is 19.9 Å². The van der Waals surface area contributed by atoms with E-state index < -0.39 is 30.0 Å². The maximum Gasteiger partial charge on any atom is 0.337 e. The number of nitrogens with zero attached hydrogens (tertiary/aromatic N) is 1. The number of nitrogens with one attached hydrogen (secondary N) is 1. The number of carbonyl (C=O) groups is 3. The summed E-state index contributed by atoms with van der Waals surface area (Å²) in [6, 6.07) is 2.32. The van der Waals surface area contributed by atoms with Gasteiger partial charge in [0.2, 0.25) is 5.91 Å². The Labute approximate surface area is 144 Å². The average molecular weight is 354 g/mol. The fourth-order valence-corrected chi connectivity index (χ4v) is 2.16. The third kappa shape index (κ3) is 6.30. The van der Waals surface area contributed by atoms with Crippen molar-refractivity contribution in [3.8, 4) is 11.5 Å². The number of phenolic OH excluding ortho intramolecular Hbond substituents is 2. The standard InChI is InChI=1S/C16H22N2O7/c1-3-4-17-13(20)8-18(9-14(21)22)7-11-5-10(16(24)25-2)6-12(19)15(11)23/h5-6,19,23H,3-4,7-9H2,1-2H3,(H,17,20)(H,21,22). The molecule has 138 valence electrons. The first-order chi connectivity index (χ1) is 11.8. The normalized spacial score (nSPS) is 10.5. The molecule has 1 rings (SSSR count). The van der Waals surface area contributed by atoms with Crippen molar-refractivity contribution in [1.82, 2.24) is 10.2 Å². The largest absolute Gasteiger partial charge is 0.504 e. The van der Waals surface area contributed by atoms with Crippen LogP contribution in [0.3, 0.4) is 0 Å². The predicted molar refractivity (Wildman–Crippen MR) is 87.3 cm³/mol. The van der Waals surface area contributed by atoms with E-state index in [2.05, 4.69) is 10.1 Å². The van der Waals surface area contributed by atoms with Crippen LogP contribution < -0.4 is 5.32 Å². The van der Waals surface area contributed by atoms with E-state index in [0.717, 1.165) is 12.5 Å². The highest BCUT2D eigenvalue weighted by atomic mass is 16.5. The quantitative estimate of drug-likeness (QED) is 0.367. The van der Waals surface area contributed by atoms with Crippen LogP contribution in [0.15, 0.2) is 12.1 Å². The second-order valence-corrected chi connectivity index (χ2v) is 5.38. The number of carbonyl (C=O) groups excluding carboxylic acids is 2. The molecule has 0 saturated carbocycles. The first-order valence-electron chi connectivity index (χ1n) is 7.62. The van der Waals surface area contributed by atoms with Gasteiger partial charge in [0.1, 0.15) is 0 Å². The molecule has 4 N–H and O–H groups in total. The molecule has 1 aromatic rings. The molecule has 0 spiro atoms. The van der Waals surface area contributed by atoms with Crippen LogP contribution in [0.2, 0.25) is 0 Å². The number of esters is 1. The number of aromatic hydroxyl groups is 2. The van der Waals surface area contributed by atoms with Crippen molar-refractivity contribution < 1.29 is 34.4 Å². The van der Waals surface area contributed by atoms with Crippen LogP contribution in [0.4, 0.5) is 0 Å². The molecule has 0 bridgehead atoms. The molecule has 0 unspecified atom stereocenters. The highest BCUT2D eigenvalue weighted by Crippen LogP contribution is 2.31. The lowest BCUT2D eigenvalue weighted by Gasteiger charge is -2.21. The highest BCUT2D eigenvalue weighted by Gasteiger charge is 2.19. The van der Waals surface area contributed by atoms with Crippen molar-refractivity contribution in [2.75, 3.05) is 26.7 Å². The van der Waals surface area contributed by atoms with E-state index in [1.807, 2.05) is 6.92 Å². The van der Waals surface area contributed by atoms with Gasteiger partial charge in [-0.1, -0.05) is 6.92 Å². The van der Waals surface area contributed by atoms with Crippen molar-refractivity contribution in [3.63, 3.8) is 0 Å². The average Bonchev–Trinajstić information content (AvgIpc) is 2.55. The highest BCUT2D eigenvalue weighted by molar-refractivity contribution is 5.90. The minimum absolute atomic E-state index is 0.00138. The topological polar surface area (TPSA) is 136 Å². The van der Waals surface area contributed by atoms with E-state index in [9.17, 15) is 24.6 Å². The number of carboxylic acids is 1. The van der Waals surface area contributed by atoms with Crippen LogP contribution in [0.5, 0.6) is 11.5 Å². The van der Waals surface area contributed by atoms with Gasteiger partial charge in [-0.05, 0) is 18.6 Å². The summed E-state index contributed by atoms with van der Waals surface area (Å²) in [6.45, 7) is 1.52. The van der Waals surface area contributed by atoms with Gasteiger partial charge < -0.3 is 25.4 Å². The maximum atomic E-state index is 11.8. The molecule has 9 nitrogen and oxygen atoms in total. The number of methoxy groups -OCH3 is 1. The summed E-state index contributed by atoms with van der Waals surface area (Å²) in [5.41, 5.74) is 0.100. The molecule has 0 aliphatic rings. The molecule has 0 radical (unpaired) electrons. The van der Waals surface area contributed by atoms with Crippen molar-refractivity contribution in [1.29, 1.82) is 0 Å². The molecule has 1 aromatic carbocycles. The van der Waals surface area contributed by atoms with E-state index in [1.54, 1.807) is 0 Å². The molecule has 0 saturated heterocycles. The van der Waals surface area contributed by atoms with Crippen LogP contribution >= 0.6 is 0 Å². The summed E-state index contributed by atoms with van der Waals surface area (Å²) in [4.78, 5) is 35.7. The van der Waals surface area contributed by atoms with Crippen LogP contribution in [-0.2, 0) is 20.9 Å². The number of rotatable bonds is 9. The molecule has 0 aliphatic heterocycles.